The molecule has 86 valence electrons. The van der Waals surface area contributed by atoms with Crippen molar-refractivity contribution < 1.29 is 14.6 Å². The van der Waals surface area contributed by atoms with Crippen LogP contribution in [0.25, 0.3) is 0 Å². The first-order valence-electron chi connectivity index (χ1n) is 5.04. The zero-order chi connectivity index (χ0) is 11.4. The van der Waals surface area contributed by atoms with E-state index in [0.717, 1.165) is 5.75 Å². The third kappa shape index (κ3) is 2.90. The summed E-state index contributed by atoms with van der Waals surface area (Å²) in [4.78, 5) is 10.7. The van der Waals surface area contributed by atoms with E-state index >= 15 is 0 Å². The van der Waals surface area contributed by atoms with Gasteiger partial charge in [0.1, 0.15) is 18.4 Å². The number of rotatable bonds is 4. The molecule has 2 unspecified atom stereocenters. The third-order valence-corrected chi connectivity index (χ3v) is 3.49. The SMILES string of the molecule is O=C(O)C1CSC(COc2ccccc2)N1. The molecule has 2 atom stereocenters. The van der Waals surface area contributed by atoms with Crippen LogP contribution >= 0.6 is 11.8 Å². The first-order chi connectivity index (χ1) is 7.75. The summed E-state index contributed by atoms with van der Waals surface area (Å²) >= 11 is 1.58. The monoisotopic (exact) mass is 239 g/mol. The summed E-state index contributed by atoms with van der Waals surface area (Å²) in [5.41, 5.74) is 0. The van der Waals surface area contributed by atoms with Gasteiger partial charge < -0.3 is 9.84 Å². The van der Waals surface area contributed by atoms with Gasteiger partial charge in [0.05, 0.1) is 5.37 Å². The number of para-hydroxylation sites is 1. The van der Waals surface area contributed by atoms with Crippen LogP contribution in [0.1, 0.15) is 0 Å². The van der Waals surface area contributed by atoms with Crippen LogP contribution in [-0.4, -0.2) is 34.9 Å². The maximum Gasteiger partial charge on any atom is 0.321 e. The fourth-order valence-electron chi connectivity index (χ4n) is 1.46. The second kappa shape index (κ2) is 5.23. The van der Waals surface area contributed by atoms with E-state index in [9.17, 15) is 4.79 Å². The van der Waals surface area contributed by atoms with E-state index in [4.69, 9.17) is 9.84 Å². The van der Waals surface area contributed by atoms with E-state index in [1.165, 1.54) is 0 Å². The van der Waals surface area contributed by atoms with Gasteiger partial charge in [-0.3, -0.25) is 10.1 Å². The Kier molecular flexibility index (Phi) is 3.69. The average Bonchev–Trinajstić information content (AvgIpc) is 2.76. The zero-order valence-corrected chi connectivity index (χ0v) is 9.44. The van der Waals surface area contributed by atoms with Gasteiger partial charge in [-0.1, -0.05) is 18.2 Å². The van der Waals surface area contributed by atoms with Crippen molar-refractivity contribution in [1.29, 1.82) is 0 Å². The number of hydrogen-bond acceptors (Lipinski definition) is 4. The first-order valence-corrected chi connectivity index (χ1v) is 6.09. The Labute approximate surface area is 98.0 Å². The van der Waals surface area contributed by atoms with Gasteiger partial charge >= 0.3 is 5.97 Å². The number of benzene rings is 1. The predicted octanol–water partition coefficient (Wildman–Crippen LogP) is 1.18. The number of carboxylic acid groups (broad SMARTS) is 1. The van der Waals surface area contributed by atoms with E-state index in [1.54, 1.807) is 11.8 Å². The fraction of sp³-hybridized carbons (Fsp3) is 0.364. The van der Waals surface area contributed by atoms with Gasteiger partial charge in [-0.2, -0.15) is 0 Å². The molecule has 1 heterocycles. The third-order valence-electron chi connectivity index (χ3n) is 2.29. The molecule has 2 rings (SSSR count). The molecule has 1 aromatic rings. The standard InChI is InChI=1S/C11H13NO3S/c13-11(14)9-7-16-10(12-9)6-15-8-4-2-1-3-5-8/h1-5,9-10,12H,6-7H2,(H,13,14). The summed E-state index contributed by atoms with van der Waals surface area (Å²) in [6.45, 7) is 0.485. The molecule has 2 N–H and O–H groups in total. The molecule has 5 heteroatoms. The van der Waals surface area contributed by atoms with Crippen LogP contribution in [0.15, 0.2) is 30.3 Å². The van der Waals surface area contributed by atoms with E-state index in [1.807, 2.05) is 30.3 Å². The highest BCUT2D eigenvalue weighted by Gasteiger charge is 2.29. The molecule has 4 nitrogen and oxygen atoms in total. The Morgan fingerprint density at radius 1 is 1.50 bits per heavy atom. The van der Waals surface area contributed by atoms with Crippen molar-refractivity contribution in [3.05, 3.63) is 30.3 Å². The Morgan fingerprint density at radius 3 is 2.88 bits per heavy atom. The minimum atomic E-state index is -0.797. The molecule has 0 bridgehead atoms. The van der Waals surface area contributed by atoms with E-state index in [0.29, 0.717) is 12.4 Å². The van der Waals surface area contributed by atoms with Crippen molar-refractivity contribution in [2.75, 3.05) is 12.4 Å². The van der Waals surface area contributed by atoms with E-state index in [-0.39, 0.29) is 5.37 Å². The first kappa shape index (κ1) is 11.3. The number of aliphatic carboxylic acids is 1. The molecule has 0 spiro atoms. The van der Waals surface area contributed by atoms with Crippen LogP contribution in [0.4, 0.5) is 0 Å². The predicted molar refractivity (Wildman–Crippen MR) is 62.7 cm³/mol. The average molecular weight is 239 g/mol. The molecule has 0 amide bonds. The van der Waals surface area contributed by atoms with Gasteiger partial charge in [0.25, 0.3) is 0 Å². The minimum Gasteiger partial charge on any atom is -0.491 e. The second-order valence-corrected chi connectivity index (χ2v) is 4.74. The normalized spacial score (nSPS) is 24.2. The van der Waals surface area contributed by atoms with Crippen LogP contribution < -0.4 is 10.1 Å². The molecule has 1 aromatic carbocycles. The lowest BCUT2D eigenvalue weighted by molar-refractivity contribution is -0.138. The van der Waals surface area contributed by atoms with Gasteiger partial charge in [0, 0.05) is 5.75 Å². The van der Waals surface area contributed by atoms with Crippen LogP contribution in [0.2, 0.25) is 0 Å². The number of nitrogens with one attached hydrogen (secondary N) is 1. The Hall–Kier alpha value is -1.20. The highest BCUT2D eigenvalue weighted by molar-refractivity contribution is 8.00. The largest absolute Gasteiger partial charge is 0.491 e. The van der Waals surface area contributed by atoms with Crippen LogP contribution in [0.5, 0.6) is 5.75 Å². The van der Waals surface area contributed by atoms with Crippen LogP contribution in [-0.2, 0) is 4.79 Å². The number of hydrogen-bond donors (Lipinski definition) is 2. The number of ether oxygens (including phenoxy) is 1. The Balaban J connectivity index is 1.78. The summed E-state index contributed by atoms with van der Waals surface area (Å²) in [6, 6.07) is 9.06. The summed E-state index contributed by atoms with van der Waals surface area (Å²) < 4.78 is 5.54. The van der Waals surface area contributed by atoms with Crippen molar-refractivity contribution in [1.82, 2.24) is 5.32 Å². The summed E-state index contributed by atoms with van der Waals surface area (Å²) in [6.07, 6.45) is 0. The molecule has 1 saturated heterocycles. The lowest BCUT2D eigenvalue weighted by atomic mass is 10.3. The summed E-state index contributed by atoms with van der Waals surface area (Å²) in [5, 5.41) is 11.9. The molecule has 1 aliphatic heterocycles. The second-order valence-electron chi connectivity index (χ2n) is 3.50. The summed E-state index contributed by atoms with van der Waals surface area (Å²) in [7, 11) is 0. The maximum atomic E-state index is 10.7. The molecule has 1 fully saturated rings. The van der Waals surface area contributed by atoms with Gasteiger partial charge in [-0.15, -0.1) is 11.8 Å². The number of carboxylic acids is 1. The van der Waals surface area contributed by atoms with Crippen molar-refractivity contribution in [2.24, 2.45) is 0 Å². The Morgan fingerprint density at radius 2 is 2.25 bits per heavy atom. The number of thioether (sulfide) groups is 1. The van der Waals surface area contributed by atoms with E-state index in [2.05, 4.69) is 5.32 Å². The molecule has 0 aromatic heterocycles. The van der Waals surface area contributed by atoms with Gasteiger partial charge in [0.15, 0.2) is 0 Å². The highest BCUT2D eigenvalue weighted by Crippen LogP contribution is 2.20. The van der Waals surface area contributed by atoms with Crippen LogP contribution in [0.3, 0.4) is 0 Å². The van der Waals surface area contributed by atoms with Crippen molar-refractivity contribution in [2.45, 2.75) is 11.4 Å². The van der Waals surface area contributed by atoms with E-state index < -0.39 is 12.0 Å². The molecule has 0 aliphatic carbocycles. The van der Waals surface area contributed by atoms with Crippen LogP contribution in [0, 0.1) is 0 Å². The van der Waals surface area contributed by atoms with Crippen molar-refractivity contribution >= 4 is 17.7 Å². The Bertz CT molecular complexity index is 358. The molecule has 0 radical (unpaired) electrons. The molecule has 0 saturated carbocycles. The molecule has 16 heavy (non-hydrogen) atoms. The zero-order valence-electron chi connectivity index (χ0n) is 8.63. The van der Waals surface area contributed by atoms with Gasteiger partial charge in [-0.05, 0) is 12.1 Å². The maximum absolute atomic E-state index is 10.7. The van der Waals surface area contributed by atoms with Crippen molar-refractivity contribution in [3.63, 3.8) is 0 Å². The smallest absolute Gasteiger partial charge is 0.321 e. The topological polar surface area (TPSA) is 58.6 Å². The van der Waals surface area contributed by atoms with Gasteiger partial charge in [0.2, 0.25) is 0 Å². The fourth-order valence-corrected chi connectivity index (χ4v) is 2.55. The summed E-state index contributed by atoms with van der Waals surface area (Å²) in [5.74, 6) is 0.608. The molecular formula is C11H13NO3S. The lowest BCUT2D eigenvalue weighted by Gasteiger charge is -2.12. The molecule has 1 aliphatic rings. The quantitative estimate of drug-likeness (QED) is 0.826. The minimum absolute atomic E-state index is 0.0568. The highest BCUT2D eigenvalue weighted by atomic mass is 32.2. The lowest BCUT2D eigenvalue weighted by Crippen LogP contribution is -2.38. The molecular weight excluding hydrogens is 226 g/mol. The van der Waals surface area contributed by atoms with Crippen molar-refractivity contribution in [3.8, 4) is 5.75 Å². The number of carbonyl (C=O) groups is 1. The van der Waals surface area contributed by atoms with Gasteiger partial charge in [-0.25, -0.2) is 0 Å².